The van der Waals surface area contributed by atoms with Crippen LogP contribution >= 0.6 is 0 Å². The van der Waals surface area contributed by atoms with Gasteiger partial charge in [-0.1, -0.05) is 32.0 Å². The SMILES string of the molecule is CCC(C)c1cc(CN)ccc1CO. The minimum atomic E-state index is 0.116. The molecule has 0 heterocycles. The van der Waals surface area contributed by atoms with Crippen LogP contribution in [0.5, 0.6) is 0 Å². The number of rotatable bonds is 4. The minimum Gasteiger partial charge on any atom is -0.392 e. The van der Waals surface area contributed by atoms with Crippen molar-refractivity contribution in [3.63, 3.8) is 0 Å². The molecular formula is C12H19NO. The van der Waals surface area contributed by atoms with Gasteiger partial charge in [-0.2, -0.15) is 0 Å². The molecule has 3 N–H and O–H groups in total. The van der Waals surface area contributed by atoms with E-state index in [1.54, 1.807) is 0 Å². The molecule has 1 aromatic carbocycles. The molecule has 14 heavy (non-hydrogen) atoms. The molecule has 0 amide bonds. The van der Waals surface area contributed by atoms with E-state index in [0.29, 0.717) is 12.5 Å². The smallest absolute Gasteiger partial charge is 0.0684 e. The Labute approximate surface area is 85.8 Å². The number of nitrogens with two attached hydrogens (primary N) is 1. The van der Waals surface area contributed by atoms with Gasteiger partial charge in [0.1, 0.15) is 0 Å². The van der Waals surface area contributed by atoms with Crippen LogP contribution in [0, 0.1) is 0 Å². The van der Waals surface area contributed by atoms with Crippen molar-refractivity contribution in [3.05, 3.63) is 34.9 Å². The van der Waals surface area contributed by atoms with E-state index in [1.807, 2.05) is 12.1 Å². The summed E-state index contributed by atoms with van der Waals surface area (Å²) in [6, 6.07) is 6.07. The van der Waals surface area contributed by atoms with E-state index < -0.39 is 0 Å². The molecule has 0 aromatic heterocycles. The zero-order chi connectivity index (χ0) is 10.6. The first kappa shape index (κ1) is 11.2. The molecule has 1 atom stereocenters. The number of aliphatic hydroxyl groups is 1. The summed E-state index contributed by atoms with van der Waals surface area (Å²) in [6.07, 6.45) is 1.08. The topological polar surface area (TPSA) is 46.2 Å². The summed E-state index contributed by atoms with van der Waals surface area (Å²) in [7, 11) is 0. The van der Waals surface area contributed by atoms with Gasteiger partial charge in [-0.3, -0.25) is 0 Å². The van der Waals surface area contributed by atoms with Gasteiger partial charge in [-0.25, -0.2) is 0 Å². The number of aliphatic hydroxyl groups excluding tert-OH is 1. The van der Waals surface area contributed by atoms with E-state index in [-0.39, 0.29) is 6.61 Å². The van der Waals surface area contributed by atoms with Crippen molar-refractivity contribution >= 4 is 0 Å². The maximum atomic E-state index is 9.20. The number of hydrogen-bond acceptors (Lipinski definition) is 2. The molecule has 78 valence electrons. The predicted molar refractivity (Wildman–Crippen MR) is 59.0 cm³/mol. The fourth-order valence-corrected chi connectivity index (χ4v) is 1.59. The molecule has 0 saturated carbocycles. The van der Waals surface area contributed by atoms with Crippen molar-refractivity contribution in [2.75, 3.05) is 0 Å². The summed E-state index contributed by atoms with van der Waals surface area (Å²) in [4.78, 5) is 0. The Morgan fingerprint density at radius 2 is 2.14 bits per heavy atom. The zero-order valence-electron chi connectivity index (χ0n) is 8.96. The lowest BCUT2D eigenvalue weighted by Crippen LogP contribution is -2.03. The second-order valence-electron chi connectivity index (χ2n) is 3.70. The average molecular weight is 193 g/mol. The number of benzene rings is 1. The molecule has 0 aliphatic rings. The van der Waals surface area contributed by atoms with Gasteiger partial charge in [0.15, 0.2) is 0 Å². The largest absolute Gasteiger partial charge is 0.392 e. The third-order valence-corrected chi connectivity index (χ3v) is 2.76. The highest BCUT2D eigenvalue weighted by atomic mass is 16.3. The van der Waals surface area contributed by atoms with Crippen LogP contribution in [0.1, 0.15) is 42.9 Å². The van der Waals surface area contributed by atoms with E-state index in [0.717, 1.165) is 17.5 Å². The van der Waals surface area contributed by atoms with Gasteiger partial charge < -0.3 is 10.8 Å². The van der Waals surface area contributed by atoms with Crippen LogP contribution < -0.4 is 5.73 Å². The van der Waals surface area contributed by atoms with Gasteiger partial charge in [0.25, 0.3) is 0 Å². The van der Waals surface area contributed by atoms with Gasteiger partial charge in [0, 0.05) is 6.54 Å². The number of hydrogen-bond donors (Lipinski definition) is 2. The Morgan fingerprint density at radius 1 is 1.43 bits per heavy atom. The fourth-order valence-electron chi connectivity index (χ4n) is 1.59. The van der Waals surface area contributed by atoms with E-state index in [2.05, 4.69) is 19.9 Å². The van der Waals surface area contributed by atoms with Crippen LogP contribution in [0.3, 0.4) is 0 Å². The van der Waals surface area contributed by atoms with Crippen LogP contribution in [0.2, 0.25) is 0 Å². The molecule has 0 radical (unpaired) electrons. The normalized spacial score (nSPS) is 12.9. The molecule has 1 rings (SSSR count). The van der Waals surface area contributed by atoms with Gasteiger partial charge in [-0.15, -0.1) is 0 Å². The highest BCUT2D eigenvalue weighted by molar-refractivity contribution is 5.34. The van der Waals surface area contributed by atoms with Crippen molar-refractivity contribution in [3.8, 4) is 0 Å². The van der Waals surface area contributed by atoms with Crippen molar-refractivity contribution < 1.29 is 5.11 Å². The monoisotopic (exact) mass is 193 g/mol. The standard InChI is InChI=1S/C12H19NO/c1-3-9(2)12-6-10(7-13)4-5-11(12)8-14/h4-6,9,14H,3,7-8,13H2,1-2H3. The first-order valence-corrected chi connectivity index (χ1v) is 5.15. The molecule has 0 bridgehead atoms. The van der Waals surface area contributed by atoms with E-state index in [9.17, 15) is 5.11 Å². The third kappa shape index (κ3) is 2.34. The Hall–Kier alpha value is -0.860. The molecule has 0 saturated heterocycles. The first-order valence-electron chi connectivity index (χ1n) is 5.15. The van der Waals surface area contributed by atoms with Crippen LogP contribution in [0.25, 0.3) is 0 Å². The highest BCUT2D eigenvalue weighted by Gasteiger charge is 2.08. The Balaban J connectivity index is 3.08. The summed E-state index contributed by atoms with van der Waals surface area (Å²) < 4.78 is 0. The van der Waals surface area contributed by atoms with Crippen LogP contribution in [0.4, 0.5) is 0 Å². The van der Waals surface area contributed by atoms with E-state index in [4.69, 9.17) is 5.73 Å². The van der Waals surface area contributed by atoms with Gasteiger partial charge in [0.2, 0.25) is 0 Å². The molecule has 0 aliphatic heterocycles. The molecule has 0 aliphatic carbocycles. The summed E-state index contributed by atoms with van der Waals surface area (Å²) in [5.41, 5.74) is 8.98. The molecule has 0 fully saturated rings. The fraction of sp³-hybridized carbons (Fsp3) is 0.500. The second-order valence-corrected chi connectivity index (χ2v) is 3.70. The van der Waals surface area contributed by atoms with Gasteiger partial charge in [0.05, 0.1) is 6.61 Å². The highest BCUT2D eigenvalue weighted by Crippen LogP contribution is 2.24. The van der Waals surface area contributed by atoms with Crippen molar-refractivity contribution in [1.29, 1.82) is 0 Å². The van der Waals surface area contributed by atoms with Crippen molar-refractivity contribution in [2.24, 2.45) is 5.73 Å². The van der Waals surface area contributed by atoms with E-state index >= 15 is 0 Å². The van der Waals surface area contributed by atoms with Crippen molar-refractivity contribution in [1.82, 2.24) is 0 Å². The lowest BCUT2D eigenvalue weighted by atomic mass is 9.92. The summed E-state index contributed by atoms with van der Waals surface area (Å²) in [6.45, 7) is 5.01. The summed E-state index contributed by atoms with van der Waals surface area (Å²) in [5.74, 6) is 0.489. The zero-order valence-corrected chi connectivity index (χ0v) is 8.96. The molecule has 0 spiro atoms. The quantitative estimate of drug-likeness (QED) is 0.769. The maximum absolute atomic E-state index is 9.20. The van der Waals surface area contributed by atoms with Crippen LogP contribution in [-0.2, 0) is 13.2 Å². The molecule has 2 nitrogen and oxygen atoms in total. The molecule has 1 aromatic rings. The maximum Gasteiger partial charge on any atom is 0.0684 e. The average Bonchev–Trinajstić information content (AvgIpc) is 2.27. The molecular weight excluding hydrogens is 174 g/mol. The van der Waals surface area contributed by atoms with Crippen molar-refractivity contribution in [2.45, 2.75) is 39.3 Å². The lowest BCUT2D eigenvalue weighted by Gasteiger charge is -2.14. The van der Waals surface area contributed by atoms with Crippen LogP contribution in [-0.4, -0.2) is 5.11 Å². The Bertz CT molecular complexity index is 296. The first-order chi connectivity index (χ1) is 6.72. The Morgan fingerprint density at radius 3 is 2.64 bits per heavy atom. The minimum absolute atomic E-state index is 0.116. The molecule has 1 unspecified atom stereocenters. The van der Waals surface area contributed by atoms with Gasteiger partial charge >= 0.3 is 0 Å². The van der Waals surface area contributed by atoms with Crippen LogP contribution in [0.15, 0.2) is 18.2 Å². The summed E-state index contributed by atoms with van der Waals surface area (Å²) in [5, 5.41) is 9.20. The van der Waals surface area contributed by atoms with E-state index in [1.165, 1.54) is 5.56 Å². The third-order valence-electron chi connectivity index (χ3n) is 2.76. The second kappa shape index (κ2) is 5.13. The predicted octanol–water partition coefficient (Wildman–Crippen LogP) is 2.15. The summed E-state index contributed by atoms with van der Waals surface area (Å²) >= 11 is 0. The van der Waals surface area contributed by atoms with Gasteiger partial charge in [-0.05, 0) is 29.0 Å². The molecule has 2 heteroatoms. The Kier molecular flexibility index (Phi) is 4.11. The lowest BCUT2D eigenvalue weighted by molar-refractivity contribution is 0.280.